The molecule has 2 aromatic rings. The summed E-state index contributed by atoms with van der Waals surface area (Å²) in [6.07, 6.45) is 1.97. The van der Waals surface area contributed by atoms with Crippen molar-refractivity contribution in [3.63, 3.8) is 0 Å². The number of carboxylic acids is 1. The molecule has 0 atom stereocenters. The number of hydrogen-bond acceptors (Lipinski definition) is 4. The first-order chi connectivity index (χ1) is 15.0. The van der Waals surface area contributed by atoms with Crippen LogP contribution in [0.1, 0.15) is 42.7 Å². The van der Waals surface area contributed by atoms with Crippen LogP contribution in [0, 0.1) is 0 Å². The molecule has 0 radical (unpaired) electrons. The van der Waals surface area contributed by atoms with Crippen molar-refractivity contribution < 1.29 is 24.2 Å². The number of carbonyl (C=O) groups is 3. The van der Waals surface area contributed by atoms with Crippen LogP contribution in [0.4, 0.5) is 4.79 Å². The zero-order valence-corrected chi connectivity index (χ0v) is 17.0. The van der Waals surface area contributed by atoms with Crippen LogP contribution in [0.25, 0.3) is 11.1 Å². The van der Waals surface area contributed by atoms with Crippen LogP contribution in [-0.4, -0.2) is 52.7 Å². The quantitative estimate of drug-likeness (QED) is 0.718. The minimum absolute atomic E-state index is 0.0367. The van der Waals surface area contributed by atoms with Gasteiger partial charge >= 0.3 is 12.1 Å². The Morgan fingerprint density at radius 1 is 1.00 bits per heavy atom. The number of alkyl carbamates (subject to hydrolysis) is 1. The van der Waals surface area contributed by atoms with Gasteiger partial charge in [-0.2, -0.15) is 0 Å². The Hall–Kier alpha value is -3.35. The third kappa shape index (κ3) is 3.65. The van der Waals surface area contributed by atoms with Crippen molar-refractivity contribution in [1.29, 1.82) is 0 Å². The van der Waals surface area contributed by atoms with Gasteiger partial charge in [-0.25, -0.2) is 4.79 Å². The van der Waals surface area contributed by atoms with Gasteiger partial charge in [-0.15, -0.1) is 0 Å². The largest absolute Gasteiger partial charge is 0.480 e. The maximum Gasteiger partial charge on any atom is 0.408 e. The third-order valence-electron chi connectivity index (χ3n) is 6.40. The van der Waals surface area contributed by atoms with E-state index in [-0.39, 0.29) is 31.0 Å². The standard InChI is InChI=1S/C24H24N2O5/c27-21(28)13-26(15-9-10-15)22(29)24(11-12-24)25-23(30)31-14-20-18-7-3-1-5-16(18)17-6-2-4-8-19(17)20/h1-8,15,20H,9-14H2,(H,25,30)(H,27,28). The fraction of sp³-hybridized carbons (Fsp3) is 0.375. The number of aliphatic carboxylic acids is 1. The summed E-state index contributed by atoms with van der Waals surface area (Å²) in [7, 11) is 0. The van der Waals surface area contributed by atoms with Gasteiger partial charge in [0.15, 0.2) is 0 Å². The summed E-state index contributed by atoms with van der Waals surface area (Å²) in [5, 5.41) is 11.9. The first-order valence-electron chi connectivity index (χ1n) is 10.6. The molecule has 0 bridgehead atoms. The lowest BCUT2D eigenvalue weighted by atomic mass is 9.98. The number of benzene rings is 2. The van der Waals surface area contributed by atoms with E-state index < -0.39 is 17.6 Å². The van der Waals surface area contributed by atoms with Crippen LogP contribution in [0.3, 0.4) is 0 Å². The predicted octanol–water partition coefficient (Wildman–Crippen LogP) is 3.13. The van der Waals surface area contributed by atoms with Crippen molar-refractivity contribution in [2.75, 3.05) is 13.2 Å². The molecule has 0 spiro atoms. The molecular weight excluding hydrogens is 396 g/mol. The van der Waals surface area contributed by atoms with Crippen molar-refractivity contribution in [2.45, 2.75) is 43.2 Å². The molecule has 5 rings (SSSR count). The van der Waals surface area contributed by atoms with Gasteiger partial charge in [0.05, 0.1) is 0 Å². The molecule has 0 unspecified atom stereocenters. The Kier molecular flexibility index (Phi) is 4.68. The van der Waals surface area contributed by atoms with Crippen LogP contribution >= 0.6 is 0 Å². The van der Waals surface area contributed by atoms with Crippen molar-refractivity contribution in [1.82, 2.24) is 10.2 Å². The molecule has 0 aromatic heterocycles. The number of hydrogen-bond donors (Lipinski definition) is 2. The summed E-state index contributed by atoms with van der Waals surface area (Å²) in [4.78, 5) is 38.1. The van der Waals surface area contributed by atoms with E-state index in [0.717, 1.165) is 35.1 Å². The second kappa shape index (κ2) is 7.41. The fourth-order valence-electron chi connectivity index (χ4n) is 4.52. The highest BCUT2D eigenvalue weighted by molar-refractivity contribution is 5.94. The highest BCUT2D eigenvalue weighted by Gasteiger charge is 2.55. The van der Waals surface area contributed by atoms with Gasteiger partial charge in [0.2, 0.25) is 5.91 Å². The Balaban J connectivity index is 1.25. The molecule has 7 heteroatoms. The van der Waals surface area contributed by atoms with Gasteiger partial charge in [-0.3, -0.25) is 9.59 Å². The maximum atomic E-state index is 13.0. The Morgan fingerprint density at radius 2 is 1.58 bits per heavy atom. The Bertz CT molecular complexity index is 1010. The van der Waals surface area contributed by atoms with E-state index in [0.29, 0.717) is 12.8 Å². The average Bonchev–Trinajstić information content (AvgIpc) is 3.69. The van der Waals surface area contributed by atoms with Crippen LogP contribution in [0.15, 0.2) is 48.5 Å². The molecule has 31 heavy (non-hydrogen) atoms. The summed E-state index contributed by atoms with van der Waals surface area (Å²) < 4.78 is 5.57. The van der Waals surface area contributed by atoms with E-state index in [2.05, 4.69) is 17.4 Å². The SMILES string of the molecule is O=C(O)CN(C(=O)C1(NC(=O)OCC2c3ccccc3-c3ccccc32)CC1)C1CC1. The molecular formula is C24H24N2O5. The zero-order valence-electron chi connectivity index (χ0n) is 17.0. The first kappa shape index (κ1) is 19.6. The number of carboxylic acid groups (broad SMARTS) is 1. The Labute approximate surface area is 180 Å². The number of nitrogens with zero attached hydrogens (tertiary/aromatic N) is 1. The van der Waals surface area contributed by atoms with Crippen molar-refractivity contribution in [3.05, 3.63) is 59.7 Å². The number of fused-ring (bicyclic) bond motifs is 3. The normalized spacial score (nSPS) is 17.9. The van der Waals surface area contributed by atoms with Crippen LogP contribution in [-0.2, 0) is 14.3 Å². The lowest BCUT2D eigenvalue weighted by molar-refractivity contribution is -0.146. The molecule has 3 aliphatic rings. The van der Waals surface area contributed by atoms with E-state index in [1.807, 2.05) is 36.4 Å². The number of amides is 2. The third-order valence-corrected chi connectivity index (χ3v) is 6.40. The topological polar surface area (TPSA) is 95.9 Å². The summed E-state index contributed by atoms with van der Waals surface area (Å²) in [6.45, 7) is -0.163. The van der Waals surface area contributed by atoms with E-state index in [9.17, 15) is 14.4 Å². The van der Waals surface area contributed by atoms with Crippen LogP contribution in [0.2, 0.25) is 0 Å². The van der Waals surface area contributed by atoms with E-state index in [4.69, 9.17) is 9.84 Å². The molecule has 3 aliphatic carbocycles. The van der Waals surface area contributed by atoms with Crippen molar-refractivity contribution in [2.24, 2.45) is 0 Å². The lowest BCUT2D eigenvalue weighted by Gasteiger charge is -2.26. The van der Waals surface area contributed by atoms with Gasteiger partial charge in [0.1, 0.15) is 18.7 Å². The molecule has 2 saturated carbocycles. The summed E-state index contributed by atoms with van der Waals surface area (Å²) in [6, 6.07) is 16.1. The molecule has 2 amide bonds. The predicted molar refractivity (Wildman–Crippen MR) is 113 cm³/mol. The van der Waals surface area contributed by atoms with Crippen LogP contribution in [0.5, 0.6) is 0 Å². The van der Waals surface area contributed by atoms with Crippen molar-refractivity contribution in [3.8, 4) is 11.1 Å². The molecule has 0 heterocycles. The number of rotatable bonds is 7. The van der Waals surface area contributed by atoms with Crippen LogP contribution < -0.4 is 5.32 Å². The second-order valence-electron chi connectivity index (χ2n) is 8.59. The molecule has 7 nitrogen and oxygen atoms in total. The number of ether oxygens (including phenoxy) is 1. The molecule has 2 N–H and O–H groups in total. The fourth-order valence-corrected chi connectivity index (χ4v) is 4.52. The number of nitrogens with one attached hydrogen (secondary N) is 1. The average molecular weight is 420 g/mol. The maximum absolute atomic E-state index is 13.0. The van der Waals surface area contributed by atoms with E-state index in [1.54, 1.807) is 0 Å². The second-order valence-corrected chi connectivity index (χ2v) is 8.59. The summed E-state index contributed by atoms with van der Waals surface area (Å²) >= 11 is 0. The molecule has 0 aliphatic heterocycles. The number of carbonyl (C=O) groups excluding carboxylic acids is 2. The summed E-state index contributed by atoms with van der Waals surface area (Å²) in [5.74, 6) is -1.41. The van der Waals surface area contributed by atoms with E-state index in [1.165, 1.54) is 4.90 Å². The molecule has 160 valence electrons. The molecule has 0 saturated heterocycles. The monoisotopic (exact) mass is 420 g/mol. The summed E-state index contributed by atoms with van der Waals surface area (Å²) in [5.41, 5.74) is 3.51. The van der Waals surface area contributed by atoms with Gasteiger partial charge in [0.25, 0.3) is 0 Å². The minimum atomic E-state index is -1.04. The lowest BCUT2D eigenvalue weighted by Crippen LogP contribution is -2.52. The van der Waals surface area contributed by atoms with Crippen molar-refractivity contribution >= 4 is 18.0 Å². The smallest absolute Gasteiger partial charge is 0.408 e. The van der Waals surface area contributed by atoms with Gasteiger partial charge in [-0.05, 0) is 47.9 Å². The van der Waals surface area contributed by atoms with E-state index >= 15 is 0 Å². The molecule has 2 aromatic carbocycles. The Morgan fingerprint density at radius 3 is 2.10 bits per heavy atom. The van der Waals surface area contributed by atoms with Gasteiger partial charge in [-0.1, -0.05) is 48.5 Å². The zero-order chi connectivity index (χ0) is 21.6. The van der Waals surface area contributed by atoms with Gasteiger partial charge < -0.3 is 20.1 Å². The molecule has 2 fully saturated rings. The highest BCUT2D eigenvalue weighted by Crippen LogP contribution is 2.45. The van der Waals surface area contributed by atoms with Gasteiger partial charge in [0, 0.05) is 12.0 Å². The first-order valence-corrected chi connectivity index (χ1v) is 10.6. The highest BCUT2D eigenvalue weighted by atomic mass is 16.5. The minimum Gasteiger partial charge on any atom is -0.480 e.